The Morgan fingerprint density at radius 2 is 1.95 bits per heavy atom. The van der Waals surface area contributed by atoms with Crippen LogP contribution in [0.25, 0.3) is 0 Å². The van der Waals surface area contributed by atoms with Crippen LogP contribution < -0.4 is 4.74 Å². The molecule has 0 aliphatic heterocycles. The van der Waals surface area contributed by atoms with Gasteiger partial charge < -0.3 is 4.74 Å². The molecule has 5 heteroatoms. The van der Waals surface area contributed by atoms with Crippen molar-refractivity contribution in [2.45, 2.75) is 39.2 Å². The minimum atomic E-state index is -0.494. The molecule has 1 aliphatic carbocycles. The maximum Gasteiger partial charge on any atom is 0.312 e. The Bertz CT molecular complexity index is 541. The standard InChI is InChI=1S/C15H18N2O3/c1-10-5-11(2)7-13(6-10)20-15-4-3-12(9-16)8-14(15)17(18)19/h3-4,8,10-11,13H,5-7H2,1-2H3. The molecule has 20 heavy (non-hydrogen) atoms. The van der Waals surface area contributed by atoms with Gasteiger partial charge in [-0.1, -0.05) is 13.8 Å². The van der Waals surface area contributed by atoms with Crippen LogP contribution in [0, 0.1) is 33.3 Å². The average Bonchev–Trinajstić information content (AvgIpc) is 2.37. The molecule has 1 aliphatic rings. The summed E-state index contributed by atoms with van der Waals surface area (Å²) in [7, 11) is 0. The summed E-state index contributed by atoms with van der Waals surface area (Å²) in [5.41, 5.74) is 0.143. The van der Waals surface area contributed by atoms with Gasteiger partial charge in [0.05, 0.1) is 22.7 Å². The number of hydrogen-bond acceptors (Lipinski definition) is 4. The van der Waals surface area contributed by atoms with E-state index in [1.54, 1.807) is 6.07 Å². The first-order valence-corrected chi connectivity index (χ1v) is 6.84. The van der Waals surface area contributed by atoms with Gasteiger partial charge in [0, 0.05) is 6.07 Å². The molecular weight excluding hydrogens is 256 g/mol. The molecule has 1 aromatic rings. The van der Waals surface area contributed by atoms with Crippen molar-refractivity contribution >= 4 is 5.69 Å². The van der Waals surface area contributed by atoms with E-state index in [4.69, 9.17) is 10.00 Å². The number of nitro groups is 1. The molecule has 106 valence electrons. The lowest BCUT2D eigenvalue weighted by atomic mass is 9.82. The fourth-order valence-electron chi connectivity index (χ4n) is 2.98. The van der Waals surface area contributed by atoms with Crippen molar-refractivity contribution in [2.75, 3.05) is 0 Å². The summed E-state index contributed by atoms with van der Waals surface area (Å²) < 4.78 is 5.84. The van der Waals surface area contributed by atoms with Gasteiger partial charge in [-0.25, -0.2) is 0 Å². The van der Waals surface area contributed by atoms with Crippen molar-refractivity contribution in [2.24, 2.45) is 11.8 Å². The predicted molar refractivity (Wildman–Crippen MR) is 74.4 cm³/mol. The minimum absolute atomic E-state index is 0.0142. The van der Waals surface area contributed by atoms with E-state index in [1.807, 2.05) is 6.07 Å². The maximum atomic E-state index is 11.1. The Morgan fingerprint density at radius 3 is 2.50 bits per heavy atom. The number of benzene rings is 1. The molecule has 0 heterocycles. The lowest BCUT2D eigenvalue weighted by Gasteiger charge is -2.31. The molecular formula is C15H18N2O3. The molecule has 0 spiro atoms. The number of nitro benzene ring substituents is 1. The lowest BCUT2D eigenvalue weighted by Crippen LogP contribution is -2.28. The molecule has 2 unspecified atom stereocenters. The first-order valence-electron chi connectivity index (χ1n) is 6.84. The molecule has 2 atom stereocenters. The van der Waals surface area contributed by atoms with Crippen molar-refractivity contribution in [1.29, 1.82) is 5.26 Å². The Labute approximate surface area is 118 Å². The van der Waals surface area contributed by atoms with Crippen molar-refractivity contribution in [1.82, 2.24) is 0 Å². The lowest BCUT2D eigenvalue weighted by molar-refractivity contribution is -0.386. The summed E-state index contributed by atoms with van der Waals surface area (Å²) in [5, 5.41) is 19.9. The summed E-state index contributed by atoms with van der Waals surface area (Å²) in [6, 6.07) is 6.26. The number of hydrogen-bond donors (Lipinski definition) is 0. The van der Waals surface area contributed by atoms with E-state index in [9.17, 15) is 10.1 Å². The van der Waals surface area contributed by atoms with Crippen LogP contribution in [0.2, 0.25) is 0 Å². The zero-order valence-corrected chi connectivity index (χ0v) is 11.7. The average molecular weight is 274 g/mol. The molecule has 5 nitrogen and oxygen atoms in total. The highest BCUT2D eigenvalue weighted by molar-refractivity contribution is 5.51. The van der Waals surface area contributed by atoms with Gasteiger partial charge in [0.15, 0.2) is 5.75 Å². The minimum Gasteiger partial charge on any atom is -0.483 e. The second kappa shape index (κ2) is 5.91. The first kappa shape index (κ1) is 14.3. The number of ether oxygens (including phenoxy) is 1. The Morgan fingerprint density at radius 1 is 1.30 bits per heavy atom. The van der Waals surface area contributed by atoms with Crippen LogP contribution in [0.1, 0.15) is 38.7 Å². The highest BCUT2D eigenvalue weighted by Gasteiger charge is 2.27. The molecule has 1 aromatic carbocycles. The van der Waals surface area contributed by atoms with Crippen molar-refractivity contribution < 1.29 is 9.66 Å². The molecule has 0 amide bonds. The quantitative estimate of drug-likeness (QED) is 0.622. The third-order valence-corrected chi connectivity index (χ3v) is 3.71. The van der Waals surface area contributed by atoms with Gasteiger partial charge in [-0.2, -0.15) is 5.26 Å². The summed E-state index contributed by atoms with van der Waals surface area (Å²) in [5.74, 6) is 1.41. The van der Waals surface area contributed by atoms with Gasteiger partial charge in [-0.05, 0) is 43.2 Å². The Hall–Kier alpha value is -2.09. The molecule has 0 bridgehead atoms. The number of nitrogens with zero attached hydrogens (tertiary/aromatic N) is 2. The highest BCUT2D eigenvalue weighted by atomic mass is 16.6. The van der Waals surface area contributed by atoms with Gasteiger partial charge in [0.25, 0.3) is 0 Å². The molecule has 0 radical (unpaired) electrons. The first-order chi connectivity index (χ1) is 9.49. The summed E-state index contributed by atoms with van der Waals surface area (Å²) in [6.07, 6.45) is 3.03. The van der Waals surface area contributed by atoms with Gasteiger partial charge in [-0.15, -0.1) is 0 Å². The normalized spacial score (nSPS) is 25.8. The Kier molecular flexibility index (Phi) is 4.23. The maximum absolute atomic E-state index is 11.1. The third kappa shape index (κ3) is 3.27. The second-order valence-corrected chi connectivity index (χ2v) is 5.71. The third-order valence-electron chi connectivity index (χ3n) is 3.71. The van der Waals surface area contributed by atoms with Crippen molar-refractivity contribution in [3.8, 4) is 11.8 Å². The van der Waals surface area contributed by atoms with Crippen LogP contribution in [0.3, 0.4) is 0 Å². The van der Waals surface area contributed by atoms with Crippen LogP contribution in [-0.2, 0) is 0 Å². The van der Waals surface area contributed by atoms with E-state index < -0.39 is 4.92 Å². The van der Waals surface area contributed by atoms with Gasteiger partial charge >= 0.3 is 5.69 Å². The summed E-state index contributed by atoms with van der Waals surface area (Å²) >= 11 is 0. The molecule has 2 rings (SSSR count). The van der Waals surface area contributed by atoms with E-state index in [0.717, 1.165) is 12.8 Å². The van der Waals surface area contributed by atoms with Crippen LogP contribution >= 0.6 is 0 Å². The van der Waals surface area contributed by atoms with Gasteiger partial charge in [0.1, 0.15) is 0 Å². The molecule has 1 fully saturated rings. The smallest absolute Gasteiger partial charge is 0.312 e. The van der Waals surface area contributed by atoms with E-state index in [2.05, 4.69) is 13.8 Å². The monoisotopic (exact) mass is 274 g/mol. The van der Waals surface area contributed by atoms with Crippen LogP contribution in [-0.4, -0.2) is 11.0 Å². The van der Waals surface area contributed by atoms with Crippen LogP contribution in [0.4, 0.5) is 5.69 Å². The largest absolute Gasteiger partial charge is 0.483 e. The van der Waals surface area contributed by atoms with E-state index >= 15 is 0 Å². The zero-order chi connectivity index (χ0) is 14.7. The van der Waals surface area contributed by atoms with Crippen LogP contribution in [0.15, 0.2) is 18.2 Å². The molecule has 0 aromatic heterocycles. The molecule has 0 saturated heterocycles. The number of nitriles is 1. The van der Waals surface area contributed by atoms with E-state index in [0.29, 0.717) is 11.8 Å². The zero-order valence-electron chi connectivity index (χ0n) is 11.7. The molecule has 1 saturated carbocycles. The van der Waals surface area contributed by atoms with E-state index in [-0.39, 0.29) is 23.1 Å². The van der Waals surface area contributed by atoms with Gasteiger partial charge in [-0.3, -0.25) is 10.1 Å². The fraction of sp³-hybridized carbons (Fsp3) is 0.533. The van der Waals surface area contributed by atoms with E-state index in [1.165, 1.54) is 18.6 Å². The number of rotatable bonds is 3. The Balaban J connectivity index is 2.20. The van der Waals surface area contributed by atoms with Crippen molar-refractivity contribution in [3.05, 3.63) is 33.9 Å². The highest BCUT2D eigenvalue weighted by Crippen LogP contribution is 2.34. The van der Waals surface area contributed by atoms with Crippen LogP contribution in [0.5, 0.6) is 5.75 Å². The topological polar surface area (TPSA) is 76.2 Å². The van der Waals surface area contributed by atoms with Gasteiger partial charge in [0.2, 0.25) is 0 Å². The summed E-state index contributed by atoms with van der Waals surface area (Å²) in [4.78, 5) is 10.6. The van der Waals surface area contributed by atoms with Crippen molar-refractivity contribution in [3.63, 3.8) is 0 Å². The predicted octanol–water partition coefficient (Wildman–Crippen LogP) is 3.67. The second-order valence-electron chi connectivity index (χ2n) is 5.71. The SMILES string of the molecule is CC1CC(C)CC(Oc2ccc(C#N)cc2[N+](=O)[O-])C1. The fourth-order valence-corrected chi connectivity index (χ4v) is 2.98. The molecule has 0 N–H and O–H groups in total. The summed E-state index contributed by atoms with van der Waals surface area (Å²) in [6.45, 7) is 4.36.